The van der Waals surface area contributed by atoms with E-state index in [1.54, 1.807) is 11.0 Å². The predicted octanol–water partition coefficient (Wildman–Crippen LogP) is 2.26. The molecule has 2 fully saturated rings. The molecule has 6 heteroatoms. The van der Waals surface area contributed by atoms with Crippen LogP contribution in [0.1, 0.15) is 37.8 Å². The Kier molecular flexibility index (Phi) is 4.71. The van der Waals surface area contributed by atoms with Gasteiger partial charge in [0.15, 0.2) is 0 Å². The van der Waals surface area contributed by atoms with E-state index in [9.17, 15) is 14.3 Å². The Morgan fingerprint density at radius 2 is 2.00 bits per heavy atom. The van der Waals surface area contributed by atoms with Gasteiger partial charge >= 0.3 is 6.03 Å². The van der Waals surface area contributed by atoms with Crippen LogP contribution in [0.4, 0.5) is 14.9 Å². The van der Waals surface area contributed by atoms with Crippen LogP contribution in [0.15, 0.2) is 18.2 Å². The molecule has 5 nitrogen and oxygen atoms in total. The number of anilines is 1. The van der Waals surface area contributed by atoms with E-state index >= 15 is 0 Å². The molecule has 0 spiro atoms. The number of carbonyl (C=O) groups is 1. The third-order valence-corrected chi connectivity index (χ3v) is 4.74. The Morgan fingerprint density at radius 3 is 2.61 bits per heavy atom. The number of aliphatic hydroxyl groups excluding tert-OH is 1. The zero-order valence-electron chi connectivity index (χ0n) is 13.5. The molecule has 1 aromatic carbocycles. The molecule has 2 aliphatic rings. The van der Waals surface area contributed by atoms with E-state index in [0.717, 1.165) is 43.9 Å². The molecule has 2 saturated heterocycles. The van der Waals surface area contributed by atoms with Gasteiger partial charge in [-0.25, -0.2) is 9.18 Å². The fourth-order valence-corrected chi connectivity index (χ4v) is 3.14. The molecule has 2 aliphatic heterocycles. The van der Waals surface area contributed by atoms with Gasteiger partial charge in [0.05, 0.1) is 12.1 Å². The van der Waals surface area contributed by atoms with Gasteiger partial charge in [0.2, 0.25) is 0 Å². The van der Waals surface area contributed by atoms with E-state index in [0.29, 0.717) is 12.8 Å². The third-order valence-electron chi connectivity index (χ3n) is 4.74. The summed E-state index contributed by atoms with van der Waals surface area (Å²) < 4.78 is 13.7. The molecule has 2 amide bonds. The average Bonchev–Trinajstić information content (AvgIpc) is 2.46. The number of carbonyl (C=O) groups excluding carboxylic acids is 1. The minimum Gasteiger partial charge on any atom is -0.393 e. The highest BCUT2D eigenvalue weighted by Crippen LogP contribution is 2.30. The van der Waals surface area contributed by atoms with Crippen LogP contribution in [-0.2, 0) is 0 Å². The predicted molar refractivity (Wildman–Crippen MR) is 87.0 cm³/mol. The van der Waals surface area contributed by atoms with Crippen LogP contribution >= 0.6 is 0 Å². The van der Waals surface area contributed by atoms with Crippen molar-refractivity contribution in [2.45, 2.75) is 38.3 Å². The first-order valence-electron chi connectivity index (χ1n) is 8.32. The lowest BCUT2D eigenvalue weighted by molar-refractivity contribution is 0.145. The first-order chi connectivity index (χ1) is 11.0. The fraction of sp³-hybridized carbons (Fsp3) is 0.588. The van der Waals surface area contributed by atoms with E-state index in [4.69, 9.17) is 0 Å². The van der Waals surface area contributed by atoms with Crippen molar-refractivity contribution in [1.29, 1.82) is 0 Å². The number of nitrogens with zero attached hydrogens (tertiary/aromatic N) is 2. The van der Waals surface area contributed by atoms with Crippen LogP contribution in [0.25, 0.3) is 0 Å². The maximum atomic E-state index is 13.7. The molecule has 23 heavy (non-hydrogen) atoms. The summed E-state index contributed by atoms with van der Waals surface area (Å²) in [6.07, 6.45) is 2.22. The summed E-state index contributed by atoms with van der Waals surface area (Å²) in [6, 6.07) is 4.37. The van der Waals surface area contributed by atoms with Gasteiger partial charge in [-0.2, -0.15) is 0 Å². The third kappa shape index (κ3) is 3.58. The first-order valence-corrected chi connectivity index (χ1v) is 8.32. The number of nitrogens with one attached hydrogen (secondary N) is 1. The van der Waals surface area contributed by atoms with E-state index in [1.165, 1.54) is 12.1 Å². The number of likely N-dealkylation sites (tertiary alicyclic amines) is 1. The van der Waals surface area contributed by atoms with Crippen molar-refractivity contribution in [3.05, 3.63) is 29.6 Å². The van der Waals surface area contributed by atoms with Gasteiger partial charge in [-0.1, -0.05) is 0 Å². The molecule has 0 bridgehead atoms. The number of hydrogen-bond acceptors (Lipinski definition) is 3. The quantitative estimate of drug-likeness (QED) is 0.898. The summed E-state index contributed by atoms with van der Waals surface area (Å²) in [5.74, 6) is -0.300. The fourth-order valence-electron chi connectivity index (χ4n) is 3.14. The molecule has 0 unspecified atom stereocenters. The normalized spacial score (nSPS) is 20.1. The Labute approximate surface area is 136 Å². The molecule has 0 aromatic heterocycles. The Balaban J connectivity index is 1.76. The molecule has 0 saturated carbocycles. The summed E-state index contributed by atoms with van der Waals surface area (Å²) in [4.78, 5) is 16.0. The molecule has 0 radical (unpaired) electrons. The largest absolute Gasteiger partial charge is 0.393 e. The van der Waals surface area contributed by atoms with Crippen LogP contribution in [0.2, 0.25) is 0 Å². The molecule has 3 rings (SSSR count). The lowest BCUT2D eigenvalue weighted by Gasteiger charge is -2.35. The molecule has 2 N–H and O–H groups in total. The number of rotatable bonds is 3. The van der Waals surface area contributed by atoms with Crippen molar-refractivity contribution in [3.63, 3.8) is 0 Å². The number of aliphatic hydroxyl groups is 1. The van der Waals surface area contributed by atoms with Crippen LogP contribution in [-0.4, -0.2) is 48.3 Å². The SMILES string of the molecule is C[C@H](NC(=O)N1CCC1)c1cc(F)ccc1N1CCC(O)CC1. The van der Waals surface area contributed by atoms with Crippen molar-refractivity contribution in [1.82, 2.24) is 10.2 Å². The van der Waals surface area contributed by atoms with Gasteiger partial charge in [-0.05, 0) is 44.4 Å². The monoisotopic (exact) mass is 321 g/mol. The number of piperidine rings is 1. The van der Waals surface area contributed by atoms with E-state index < -0.39 is 0 Å². The molecule has 1 atom stereocenters. The molecule has 0 aliphatic carbocycles. The zero-order valence-corrected chi connectivity index (χ0v) is 13.5. The molecule has 2 heterocycles. The molecule has 1 aromatic rings. The summed E-state index contributed by atoms with van der Waals surface area (Å²) >= 11 is 0. The highest BCUT2D eigenvalue weighted by Gasteiger charge is 2.25. The Hall–Kier alpha value is -1.82. The highest BCUT2D eigenvalue weighted by molar-refractivity contribution is 5.76. The van der Waals surface area contributed by atoms with E-state index in [2.05, 4.69) is 10.2 Å². The van der Waals surface area contributed by atoms with Crippen molar-refractivity contribution in [3.8, 4) is 0 Å². The summed E-state index contributed by atoms with van der Waals surface area (Å²) in [6.45, 7) is 4.95. The van der Waals surface area contributed by atoms with Crippen molar-refractivity contribution >= 4 is 11.7 Å². The summed E-state index contributed by atoms with van der Waals surface area (Å²) in [5, 5.41) is 12.6. The van der Waals surface area contributed by atoms with Crippen molar-refractivity contribution < 1.29 is 14.3 Å². The number of benzene rings is 1. The lowest BCUT2D eigenvalue weighted by atomic mass is 10.0. The minimum atomic E-state index is -0.300. The molecular weight excluding hydrogens is 297 g/mol. The number of urea groups is 1. The van der Waals surface area contributed by atoms with E-state index in [1.807, 2.05) is 6.92 Å². The first kappa shape index (κ1) is 16.1. The van der Waals surface area contributed by atoms with Crippen LogP contribution in [0.5, 0.6) is 0 Å². The maximum Gasteiger partial charge on any atom is 0.317 e. The summed E-state index contributed by atoms with van der Waals surface area (Å²) in [5.41, 5.74) is 1.73. The van der Waals surface area contributed by atoms with Gasteiger partial charge in [0.25, 0.3) is 0 Å². The number of hydrogen-bond donors (Lipinski definition) is 2. The molecule has 126 valence electrons. The number of halogens is 1. The van der Waals surface area contributed by atoms with Gasteiger partial charge < -0.3 is 20.2 Å². The van der Waals surface area contributed by atoms with Gasteiger partial charge in [-0.15, -0.1) is 0 Å². The second kappa shape index (κ2) is 6.74. The zero-order chi connectivity index (χ0) is 16.4. The maximum absolute atomic E-state index is 13.7. The Morgan fingerprint density at radius 1 is 1.30 bits per heavy atom. The van der Waals surface area contributed by atoms with Gasteiger partial charge in [0.1, 0.15) is 5.82 Å². The minimum absolute atomic E-state index is 0.0898. The summed E-state index contributed by atoms with van der Waals surface area (Å²) in [7, 11) is 0. The lowest BCUT2D eigenvalue weighted by Crippen LogP contribution is -2.48. The second-order valence-electron chi connectivity index (χ2n) is 6.43. The van der Waals surface area contributed by atoms with Crippen molar-refractivity contribution in [2.24, 2.45) is 0 Å². The topological polar surface area (TPSA) is 55.8 Å². The molecular formula is C17H24FN3O2. The van der Waals surface area contributed by atoms with E-state index in [-0.39, 0.29) is 24.0 Å². The Bertz CT molecular complexity index is 569. The van der Waals surface area contributed by atoms with Gasteiger partial charge in [-0.3, -0.25) is 0 Å². The second-order valence-corrected chi connectivity index (χ2v) is 6.43. The van der Waals surface area contributed by atoms with Gasteiger partial charge in [0, 0.05) is 37.4 Å². The van der Waals surface area contributed by atoms with Crippen molar-refractivity contribution in [2.75, 3.05) is 31.1 Å². The smallest absolute Gasteiger partial charge is 0.317 e. The number of amides is 2. The standard InChI is InChI=1S/C17H24FN3O2/c1-12(19-17(23)21-7-2-8-21)15-11-13(18)3-4-16(15)20-9-5-14(22)6-10-20/h3-4,11-12,14,22H,2,5-10H2,1H3,(H,19,23)/t12-/m0/s1. The van der Waals surface area contributed by atoms with Crippen LogP contribution in [0, 0.1) is 5.82 Å². The van der Waals surface area contributed by atoms with Crippen LogP contribution in [0.3, 0.4) is 0 Å². The highest BCUT2D eigenvalue weighted by atomic mass is 19.1. The van der Waals surface area contributed by atoms with Crippen LogP contribution < -0.4 is 10.2 Å². The average molecular weight is 321 g/mol.